The largest absolute Gasteiger partial charge is 0.370 e. The van der Waals surface area contributed by atoms with Gasteiger partial charge < -0.3 is 5.32 Å². The molecule has 0 radical (unpaired) electrons. The fraction of sp³-hybridized carbons (Fsp3) is 0.556. The lowest BCUT2D eigenvalue weighted by Gasteiger charge is -2.06. The Hall–Kier alpha value is -0.860. The Morgan fingerprint density at radius 1 is 1.35 bits per heavy atom. The monoisotopic (exact) mass is 276 g/mol. The molecule has 0 aliphatic heterocycles. The number of thioether (sulfide) groups is 1. The third kappa shape index (κ3) is 6.44. The van der Waals surface area contributed by atoms with Gasteiger partial charge in [-0.25, -0.2) is 23.1 Å². The van der Waals surface area contributed by atoms with E-state index in [0.29, 0.717) is 19.5 Å². The van der Waals surface area contributed by atoms with Crippen molar-refractivity contribution in [3.63, 3.8) is 0 Å². The molecule has 96 valence electrons. The molecule has 1 heterocycles. The van der Waals surface area contributed by atoms with Gasteiger partial charge in [0.2, 0.25) is 10.0 Å². The predicted octanol–water partition coefficient (Wildman–Crippen LogP) is 0.550. The van der Waals surface area contributed by atoms with Crippen molar-refractivity contribution >= 4 is 27.6 Å². The highest BCUT2D eigenvalue weighted by Crippen LogP contribution is 2.13. The fourth-order valence-electron chi connectivity index (χ4n) is 1.11. The summed E-state index contributed by atoms with van der Waals surface area (Å²) in [6.07, 6.45) is 5.30. The zero-order valence-electron chi connectivity index (χ0n) is 9.80. The van der Waals surface area contributed by atoms with Crippen molar-refractivity contribution in [3.8, 4) is 0 Å². The first-order chi connectivity index (χ1) is 8.01. The van der Waals surface area contributed by atoms with Crippen LogP contribution in [0.2, 0.25) is 0 Å². The maximum atomic E-state index is 10.8. The average molecular weight is 276 g/mol. The standard InChI is InChI=1S/C9H16N4O2S2/c1-16-9-6-8(11-7-12-9)10-4-3-5-13-17(2,14)15/h6-7,13H,3-5H2,1-2H3,(H,10,11,12). The molecule has 17 heavy (non-hydrogen) atoms. The SMILES string of the molecule is CSc1cc(NCCCNS(C)(=O)=O)ncn1. The first-order valence-corrected chi connectivity index (χ1v) is 8.17. The van der Waals surface area contributed by atoms with Crippen LogP contribution in [-0.2, 0) is 10.0 Å². The normalized spacial score (nSPS) is 11.4. The molecule has 0 aromatic carbocycles. The van der Waals surface area contributed by atoms with Gasteiger partial charge in [-0.2, -0.15) is 0 Å². The molecule has 0 aliphatic rings. The van der Waals surface area contributed by atoms with E-state index in [-0.39, 0.29) is 0 Å². The maximum Gasteiger partial charge on any atom is 0.208 e. The lowest BCUT2D eigenvalue weighted by Crippen LogP contribution is -2.24. The van der Waals surface area contributed by atoms with E-state index in [0.717, 1.165) is 17.1 Å². The second-order valence-corrected chi connectivity index (χ2v) is 6.05. The summed E-state index contributed by atoms with van der Waals surface area (Å²) in [5.41, 5.74) is 0. The number of sulfonamides is 1. The predicted molar refractivity (Wildman–Crippen MR) is 69.8 cm³/mol. The zero-order chi connectivity index (χ0) is 12.7. The Labute approximate surface area is 106 Å². The molecule has 0 amide bonds. The van der Waals surface area contributed by atoms with Crippen molar-refractivity contribution in [2.75, 3.05) is 30.9 Å². The van der Waals surface area contributed by atoms with E-state index in [9.17, 15) is 8.42 Å². The van der Waals surface area contributed by atoms with Gasteiger partial charge >= 0.3 is 0 Å². The Morgan fingerprint density at radius 3 is 2.76 bits per heavy atom. The second-order valence-electron chi connectivity index (χ2n) is 3.39. The van der Waals surface area contributed by atoms with Crippen LogP contribution in [0.4, 0.5) is 5.82 Å². The Morgan fingerprint density at radius 2 is 2.12 bits per heavy atom. The van der Waals surface area contributed by atoms with Crippen molar-refractivity contribution in [1.82, 2.24) is 14.7 Å². The van der Waals surface area contributed by atoms with E-state index in [4.69, 9.17) is 0 Å². The molecule has 1 rings (SSSR count). The van der Waals surface area contributed by atoms with E-state index < -0.39 is 10.0 Å². The highest BCUT2D eigenvalue weighted by Gasteiger charge is 1.99. The second kappa shape index (κ2) is 6.77. The van der Waals surface area contributed by atoms with Crippen molar-refractivity contribution in [2.45, 2.75) is 11.4 Å². The number of hydrogen-bond acceptors (Lipinski definition) is 6. The van der Waals surface area contributed by atoms with Crippen molar-refractivity contribution in [3.05, 3.63) is 12.4 Å². The minimum Gasteiger partial charge on any atom is -0.370 e. The lowest BCUT2D eigenvalue weighted by molar-refractivity contribution is 0.586. The summed E-state index contributed by atoms with van der Waals surface area (Å²) in [6, 6.07) is 1.86. The molecule has 0 aliphatic carbocycles. The quantitative estimate of drug-likeness (QED) is 0.430. The molecule has 0 spiro atoms. The Balaban J connectivity index is 2.26. The van der Waals surface area contributed by atoms with Crippen molar-refractivity contribution in [2.24, 2.45) is 0 Å². The zero-order valence-corrected chi connectivity index (χ0v) is 11.4. The molecule has 0 unspecified atom stereocenters. The van der Waals surface area contributed by atoms with Gasteiger partial charge in [-0.15, -0.1) is 11.8 Å². The maximum absolute atomic E-state index is 10.8. The smallest absolute Gasteiger partial charge is 0.208 e. The molecule has 8 heteroatoms. The molecule has 2 N–H and O–H groups in total. The van der Waals surface area contributed by atoms with E-state index in [2.05, 4.69) is 20.0 Å². The summed E-state index contributed by atoms with van der Waals surface area (Å²) in [5.74, 6) is 0.753. The fourth-order valence-corrected chi connectivity index (χ4v) is 2.01. The number of anilines is 1. The van der Waals surface area contributed by atoms with Crippen LogP contribution in [0.5, 0.6) is 0 Å². The van der Waals surface area contributed by atoms with E-state index in [1.807, 2.05) is 12.3 Å². The van der Waals surface area contributed by atoms with Crippen LogP contribution in [0.25, 0.3) is 0 Å². The molecule has 0 fully saturated rings. The van der Waals surface area contributed by atoms with Gasteiger partial charge in [-0.05, 0) is 12.7 Å². The van der Waals surface area contributed by atoms with Crippen LogP contribution in [0, 0.1) is 0 Å². The number of nitrogens with zero attached hydrogens (tertiary/aromatic N) is 2. The number of hydrogen-bond donors (Lipinski definition) is 2. The number of rotatable bonds is 7. The van der Waals surface area contributed by atoms with Crippen LogP contribution in [-0.4, -0.2) is 44.0 Å². The summed E-state index contributed by atoms with van der Waals surface area (Å²) in [4.78, 5) is 8.11. The summed E-state index contributed by atoms with van der Waals surface area (Å²) < 4.78 is 24.0. The van der Waals surface area contributed by atoms with Crippen molar-refractivity contribution < 1.29 is 8.42 Å². The van der Waals surface area contributed by atoms with Crippen molar-refractivity contribution in [1.29, 1.82) is 0 Å². The van der Waals surface area contributed by atoms with Gasteiger partial charge in [-0.1, -0.05) is 0 Å². The van der Waals surface area contributed by atoms with Gasteiger partial charge in [0.05, 0.1) is 6.26 Å². The van der Waals surface area contributed by atoms with Crippen LogP contribution in [0.1, 0.15) is 6.42 Å². The Bertz CT molecular complexity index is 450. The van der Waals surface area contributed by atoms with E-state index in [1.165, 1.54) is 6.33 Å². The average Bonchev–Trinajstić information content (AvgIpc) is 2.27. The van der Waals surface area contributed by atoms with Crippen LogP contribution >= 0.6 is 11.8 Å². The van der Waals surface area contributed by atoms with Gasteiger partial charge in [0.1, 0.15) is 17.2 Å². The summed E-state index contributed by atoms with van der Waals surface area (Å²) in [5, 5.41) is 4.01. The topological polar surface area (TPSA) is 84.0 Å². The molecule has 0 saturated heterocycles. The van der Waals surface area contributed by atoms with Crippen LogP contribution < -0.4 is 10.0 Å². The highest BCUT2D eigenvalue weighted by molar-refractivity contribution is 7.98. The summed E-state index contributed by atoms with van der Waals surface area (Å²) in [6.45, 7) is 1.08. The minimum atomic E-state index is -3.09. The van der Waals surface area contributed by atoms with Gasteiger partial charge in [0, 0.05) is 19.2 Å². The third-order valence-electron chi connectivity index (χ3n) is 1.88. The van der Waals surface area contributed by atoms with Crippen LogP contribution in [0.15, 0.2) is 17.4 Å². The van der Waals surface area contributed by atoms with Gasteiger partial charge in [0.15, 0.2) is 0 Å². The molecular weight excluding hydrogens is 260 g/mol. The molecule has 1 aromatic heterocycles. The van der Waals surface area contributed by atoms with Crippen LogP contribution in [0.3, 0.4) is 0 Å². The summed E-state index contributed by atoms with van der Waals surface area (Å²) >= 11 is 1.55. The molecule has 1 aromatic rings. The minimum absolute atomic E-state index is 0.423. The lowest BCUT2D eigenvalue weighted by atomic mass is 10.4. The number of nitrogens with one attached hydrogen (secondary N) is 2. The third-order valence-corrected chi connectivity index (χ3v) is 3.25. The molecule has 0 bridgehead atoms. The Kier molecular flexibility index (Phi) is 5.66. The molecule has 6 nitrogen and oxygen atoms in total. The summed E-state index contributed by atoms with van der Waals surface area (Å²) in [7, 11) is -3.09. The van der Waals surface area contributed by atoms with Gasteiger partial charge in [0.25, 0.3) is 0 Å². The first kappa shape index (κ1) is 14.2. The molecule has 0 saturated carbocycles. The van der Waals surface area contributed by atoms with Gasteiger partial charge in [-0.3, -0.25) is 0 Å². The first-order valence-electron chi connectivity index (χ1n) is 5.06. The highest BCUT2D eigenvalue weighted by atomic mass is 32.2. The molecular formula is C9H16N4O2S2. The number of aromatic nitrogens is 2. The molecule has 0 atom stereocenters. The van der Waals surface area contributed by atoms with E-state index >= 15 is 0 Å². The van der Waals surface area contributed by atoms with E-state index in [1.54, 1.807) is 11.8 Å².